The van der Waals surface area contributed by atoms with Crippen LogP contribution in [0, 0.1) is 0 Å². The van der Waals surface area contributed by atoms with Crippen LogP contribution < -0.4 is 5.32 Å². The quantitative estimate of drug-likeness (QED) is 0.452. The van der Waals surface area contributed by atoms with Crippen molar-refractivity contribution in [3.63, 3.8) is 0 Å². The molecule has 46 valence electrons. The molecule has 2 nitrogen and oxygen atoms in total. The summed E-state index contributed by atoms with van der Waals surface area (Å²) in [6, 6.07) is 0.605. The summed E-state index contributed by atoms with van der Waals surface area (Å²) in [6.45, 7) is 3.33. The largest absolute Gasteiger partial charge is 0.368 e. The number of hydrogen-bond donors (Lipinski definition) is 1. The van der Waals surface area contributed by atoms with E-state index in [4.69, 9.17) is 4.74 Å². The van der Waals surface area contributed by atoms with Gasteiger partial charge in [0, 0.05) is 6.04 Å². The van der Waals surface area contributed by atoms with Gasteiger partial charge in [0.15, 0.2) is 0 Å². The molecule has 1 N–H and O–H groups in total. The van der Waals surface area contributed by atoms with E-state index in [0.29, 0.717) is 18.2 Å². The van der Waals surface area contributed by atoms with Gasteiger partial charge in [-0.15, -0.1) is 0 Å². The monoisotopic (exact) mass is 113 g/mol. The van der Waals surface area contributed by atoms with Crippen molar-refractivity contribution in [1.29, 1.82) is 0 Å². The molecule has 0 aliphatic carbocycles. The van der Waals surface area contributed by atoms with Crippen LogP contribution in [0.3, 0.4) is 0 Å². The summed E-state index contributed by atoms with van der Waals surface area (Å²) < 4.78 is 5.33. The van der Waals surface area contributed by atoms with Gasteiger partial charge in [-0.1, -0.05) is 0 Å². The number of ether oxygens (including phenoxy) is 1. The van der Waals surface area contributed by atoms with Gasteiger partial charge >= 0.3 is 0 Å². The lowest BCUT2D eigenvalue weighted by Gasteiger charge is -2.14. The number of nitrogens with one attached hydrogen (secondary N) is 1. The fourth-order valence-corrected chi connectivity index (χ4v) is 1.40. The highest BCUT2D eigenvalue weighted by Gasteiger charge is 2.44. The maximum absolute atomic E-state index is 5.33. The van der Waals surface area contributed by atoms with E-state index in [1.54, 1.807) is 0 Å². The molecule has 2 aliphatic heterocycles. The van der Waals surface area contributed by atoms with Crippen molar-refractivity contribution in [1.82, 2.24) is 5.32 Å². The normalized spacial score (nSPS) is 52.9. The molecular formula is C6H11NO. The first-order valence-corrected chi connectivity index (χ1v) is 3.27. The van der Waals surface area contributed by atoms with Gasteiger partial charge in [-0.3, -0.25) is 0 Å². The molecule has 2 heteroatoms. The second-order valence-corrected chi connectivity index (χ2v) is 2.67. The highest BCUT2D eigenvalue weighted by Crippen LogP contribution is 2.30. The lowest BCUT2D eigenvalue weighted by Crippen LogP contribution is -2.37. The van der Waals surface area contributed by atoms with E-state index in [9.17, 15) is 0 Å². The minimum Gasteiger partial charge on any atom is -0.368 e. The minimum absolute atomic E-state index is 0.559. The molecule has 0 saturated carbocycles. The van der Waals surface area contributed by atoms with Crippen molar-refractivity contribution >= 4 is 0 Å². The van der Waals surface area contributed by atoms with Gasteiger partial charge in [0.25, 0.3) is 0 Å². The van der Waals surface area contributed by atoms with Gasteiger partial charge in [0.05, 0.1) is 12.2 Å². The Labute approximate surface area is 49.2 Å². The molecule has 3 atom stereocenters. The summed E-state index contributed by atoms with van der Waals surface area (Å²) >= 11 is 0. The number of rotatable bonds is 0. The van der Waals surface area contributed by atoms with Gasteiger partial charge in [0.2, 0.25) is 0 Å². The maximum Gasteiger partial charge on any atom is 0.0992 e. The lowest BCUT2D eigenvalue weighted by molar-refractivity contribution is 0.357. The minimum atomic E-state index is 0.559. The zero-order valence-corrected chi connectivity index (χ0v) is 5.05. The Morgan fingerprint density at radius 1 is 1.62 bits per heavy atom. The maximum atomic E-state index is 5.33. The number of piperidine rings is 1. The number of epoxide rings is 1. The van der Waals surface area contributed by atoms with Gasteiger partial charge in [-0.25, -0.2) is 0 Å². The zero-order valence-electron chi connectivity index (χ0n) is 5.05. The fraction of sp³-hybridized carbons (Fsp3) is 1.00. The van der Waals surface area contributed by atoms with Crippen LogP contribution in [0.5, 0.6) is 0 Å². The molecule has 2 fully saturated rings. The highest BCUT2D eigenvalue weighted by atomic mass is 16.6. The van der Waals surface area contributed by atoms with Crippen LogP contribution in [0.4, 0.5) is 0 Å². The molecule has 2 aliphatic rings. The summed E-state index contributed by atoms with van der Waals surface area (Å²) in [5, 5.41) is 3.35. The second-order valence-electron chi connectivity index (χ2n) is 2.67. The Morgan fingerprint density at radius 2 is 2.50 bits per heavy atom. The first-order valence-electron chi connectivity index (χ1n) is 3.27. The first-order chi connectivity index (χ1) is 3.88. The van der Waals surface area contributed by atoms with E-state index >= 15 is 0 Å². The Morgan fingerprint density at radius 3 is 3.12 bits per heavy atom. The highest BCUT2D eigenvalue weighted by molar-refractivity contribution is 4.96. The van der Waals surface area contributed by atoms with Gasteiger partial charge < -0.3 is 10.1 Å². The van der Waals surface area contributed by atoms with Crippen LogP contribution in [-0.4, -0.2) is 24.8 Å². The Bertz CT molecular complexity index is 105. The molecule has 8 heavy (non-hydrogen) atoms. The SMILES string of the molecule is CC1NCCC2OC12. The average molecular weight is 113 g/mol. The molecule has 2 saturated heterocycles. The molecule has 0 aromatic carbocycles. The molecule has 0 amide bonds. The van der Waals surface area contributed by atoms with E-state index in [2.05, 4.69) is 12.2 Å². The standard InChI is InChI=1S/C6H11NO/c1-4-6-5(8-6)2-3-7-4/h4-7H,2-3H2,1H3. The van der Waals surface area contributed by atoms with Gasteiger partial charge in [-0.05, 0) is 19.9 Å². The summed E-state index contributed by atoms with van der Waals surface area (Å²) in [5.74, 6) is 0. The van der Waals surface area contributed by atoms with Gasteiger partial charge in [-0.2, -0.15) is 0 Å². The molecule has 0 aromatic rings. The zero-order chi connectivity index (χ0) is 5.56. The molecule has 0 aromatic heterocycles. The van der Waals surface area contributed by atoms with Crippen LogP contribution >= 0.6 is 0 Å². The van der Waals surface area contributed by atoms with Crippen LogP contribution in [0.15, 0.2) is 0 Å². The van der Waals surface area contributed by atoms with Crippen molar-refractivity contribution in [2.75, 3.05) is 6.54 Å². The Hall–Kier alpha value is -0.0800. The fourth-order valence-electron chi connectivity index (χ4n) is 1.40. The van der Waals surface area contributed by atoms with E-state index in [-0.39, 0.29) is 0 Å². The van der Waals surface area contributed by atoms with Crippen LogP contribution in [0.2, 0.25) is 0 Å². The second kappa shape index (κ2) is 1.45. The third-order valence-electron chi connectivity index (χ3n) is 2.01. The smallest absolute Gasteiger partial charge is 0.0992 e. The molecule has 2 heterocycles. The molecule has 0 bridgehead atoms. The molecule has 0 spiro atoms. The van der Waals surface area contributed by atoms with Crippen molar-refractivity contribution in [3.05, 3.63) is 0 Å². The Balaban J connectivity index is 1.99. The predicted molar refractivity (Wildman–Crippen MR) is 30.7 cm³/mol. The third kappa shape index (κ3) is 0.565. The average Bonchev–Trinajstić information content (AvgIpc) is 2.45. The number of hydrogen-bond acceptors (Lipinski definition) is 2. The predicted octanol–water partition coefficient (Wildman–Crippen LogP) is 0.136. The van der Waals surface area contributed by atoms with Gasteiger partial charge in [0.1, 0.15) is 0 Å². The van der Waals surface area contributed by atoms with E-state index in [1.165, 1.54) is 6.42 Å². The number of fused-ring (bicyclic) bond motifs is 1. The molecular weight excluding hydrogens is 102 g/mol. The third-order valence-corrected chi connectivity index (χ3v) is 2.01. The van der Waals surface area contributed by atoms with Crippen molar-refractivity contribution in [2.24, 2.45) is 0 Å². The first kappa shape index (κ1) is 4.77. The molecule has 3 unspecified atom stereocenters. The lowest BCUT2D eigenvalue weighted by atomic mass is 10.1. The molecule has 2 rings (SSSR count). The van der Waals surface area contributed by atoms with E-state index in [1.807, 2.05) is 0 Å². The van der Waals surface area contributed by atoms with Crippen LogP contribution in [0.25, 0.3) is 0 Å². The van der Waals surface area contributed by atoms with Crippen molar-refractivity contribution in [2.45, 2.75) is 31.6 Å². The summed E-state index contributed by atoms with van der Waals surface area (Å²) in [5.41, 5.74) is 0. The summed E-state index contributed by atoms with van der Waals surface area (Å²) in [4.78, 5) is 0. The van der Waals surface area contributed by atoms with Crippen molar-refractivity contribution < 1.29 is 4.74 Å². The van der Waals surface area contributed by atoms with Crippen molar-refractivity contribution in [3.8, 4) is 0 Å². The molecule has 0 radical (unpaired) electrons. The van der Waals surface area contributed by atoms with Crippen LogP contribution in [-0.2, 0) is 4.74 Å². The van der Waals surface area contributed by atoms with Crippen LogP contribution in [0.1, 0.15) is 13.3 Å². The topological polar surface area (TPSA) is 24.6 Å². The van der Waals surface area contributed by atoms with E-state index < -0.39 is 0 Å². The van der Waals surface area contributed by atoms with E-state index in [0.717, 1.165) is 6.54 Å². The summed E-state index contributed by atoms with van der Waals surface area (Å²) in [6.07, 6.45) is 2.39. The Kier molecular flexibility index (Phi) is 0.866. The summed E-state index contributed by atoms with van der Waals surface area (Å²) in [7, 11) is 0.